The van der Waals surface area contributed by atoms with Crippen LogP contribution < -0.4 is 4.90 Å². The Morgan fingerprint density at radius 1 is 0.500 bits per heavy atom. The third-order valence-electron chi connectivity index (χ3n) is 9.64. The van der Waals surface area contributed by atoms with Crippen LogP contribution in [0.3, 0.4) is 0 Å². The van der Waals surface area contributed by atoms with Crippen LogP contribution in [0, 0.1) is 15.4 Å². The average molecular weight is 684 g/mol. The van der Waals surface area contributed by atoms with Gasteiger partial charge in [-0.3, -0.25) is 14.4 Å². The largest absolute Gasteiger partial charge is 0.297 e. The van der Waals surface area contributed by atoms with Gasteiger partial charge in [0.2, 0.25) is 11.8 Å². The molecule has 4 nitrogen and oxygen atoms in total. The zero-order chi connectivity index (χ0) is 30.1. The highest BCUT2D eigenvalue weighted by atomic mass is 127. The van der Waals surface area contributed by atoms with Gasteiger partial charge in [-0.25, -0.2) is 4.90 Å². The average Bonchev–Trinajstić information content (AvgIpc) is 3.58. The van der Waals surface area contributed by atoms with E-state index in [-0.39, 0.29) is 17.6 Å². The lowest BCUT2D eigenvalue weighted by molar-refractivity contribution is -0.130. The summed E-state index contributed by atoms with van der Waals surface area (Å²) in [6, 6.07) is 46.5. The summed E-state index contributed by atoms with van der Waals surface area (Å²) >= 11 is 2.20. The van der Waals surface area contributed by atoms with Crippen LogP contribution in [-0.2, 0) is 25.2 Å². The van der Waals surface area contributed by atoms with Crippen molar-refractivity contribution in [1.29, 1.82) is 0 Å². The Hall–Kier alpha value is -4.62. The Labute approximate surface area is 269 Å². The van der Waals surface area contributed by atoms with Crippen LogP contribution in [0.5, 0.6) is 0 Å². The Bertz CT molecular complexity index is 1870. The summed E-state index contributed by atoms with van der Waals surface area (Å²) in [5, 5.41) is 0. The lowest BCUT2D eigenvalue weighted by atomic mass is 9.59. The maximum absolute atomic E-state index is 15.8. The molecule has 1 saturated carbocycles. The zero-order valence-corrected chi connectivity index (χ0v) is 25.7. The first-order valence-electron chi connectivity index (χ1n) is 14.7. The maximum Gasteiger partial charge on any atom is 0.239 e. The van der Waals surface area contributed by atoms with Crippen LogP contribution in [0.4, 0.5) is 5.69 Å². The van der Waals surface area contributed by atoms with Crippen molar-refractivity contribution in [2.45, 2.75) is 10.8 Å². The van der Waals surface area contributed by atoms with Crippen LogP contribution in [0.1, 0.15) is 22.3 Å². The molecule has 1 heterocycles. The number of nitrogens with zero attached hydrogens (tertiary/aromatic N) is 1. The van der Waals surface area contributed by atoms with Crippen LogP contribution in [0.25, 0.3) is 11.1 Å². The van der Waals surface area contributed by atoms with Gasteiger partial charge in [-0.15, -0.1) is 0 Å². The fourth-order valence-electron chi connectivity index (χ4n) is 8.20. The molecular weight excluding hydrogens is 657 g/mol. The van der Waals surface area contributed by atoms with E-state index < -0.39 is 22.7 Å². The molecule has 2 fully saturated rings. The van der Waals surface area contributed by atoms with Gasteiger partial charge in [0, 0.05) is 3.57 Å². The number of hydrogen-bond acceptors (Lipinski definition) is 3. The molecule has 0 unspecified atom stereocenters. The molecule has 5 aromatic carbocycles. The number of Topliss-reactive ketones (excluding diaryl/α,β-unsaturated/α-hetero) is 1. The highest BCUT2D eigenvalue weighted by Crippen LogP contribution is 2.74. The highest BCUT2D eigenvalue weighted by Gasteiger charge is 2.82. The number of carbonyl (C=O) groups is 3. The lowest BCUT2D eigenvalue weighted by Gasteiger charge is -2.39. The number of benzene rings is 5. The van der Waals surface area contributed by atoms with Gasteiger partial charge in [0.25, 0.3) is 0 Å². The maximum atomic E-state index is 15.8. The predicted octanol–water partition coefficient (Wildman–Crippen LogP) is 7.48. The standard InChI is InChI=1S/C39H26INO3/c40-29-22-13-23-30(24-29)41-35(42)33-34(36(41)43)39(28-20-11-4-12-21-28)32(26-16-7-2-8-17-26)31(25-14-5-1-6-15-25)38(33,37(39)44)27-18-9-3-10-19-27/h1-24,33-34H/t33-,34-,38-,39-/m0/s1. The fraction of sp³-hybridized carbons (Fsp3) is 0.103. The van der Waals surface area contributed by atoms with Gasteiger partial charge in [0.1, 0.15) is 0 Å². The molecule has 5 aromatic rings. The van der Waals surface area contributed by atoms with Gasteiger partial charge in [0.05, 0.1) is 28.4 Å². The molecule has 4 atom stereocenters. The van der Waals surface area contributed by atoms with E-state index in [1.54, 1.807) is 6.07 Å². The SMILES string of the molecule is O=C1[C@@H]2[C@@H](C(=O)N1c1cccc(I)c1)[C@@]1(c3ccccc3)C(=O)[C@@]2(c2ccccc2)C(c2ccccc2)=C1c1ccccc1. The summed E-state index contributed by atoms with van der Waals surface area (Å²) in [5.41, 5.74) is 2.55. The van der Waals surface area contributed by atoms with Crippen molar-refractivity contribution in [3.8, 4) is 0 Å². The molecule has 2 aliphatic carbocycles. The highest BCUT2D eigenvalue weighted by molar-refractivity contribution is 14.1. The second-order valence-electron chi connectivity index (χ2n) is 11.6. The zero-order valence-electron chi connectivity index (χ0n) is 23.6. The van der Waals surface area contributed by atoms with Gasteiger partial charge in [-0.1, -0.05) is 127 Å². The molecule has 0 radical (unpaired) electrons. The molecule has 1 aliphatic heterocycles. The van der Waals surface area contributed by atoms with Crippen molar-refractivity contribution in [2.24, 2.45) is 11.8 Å². The van der Waals surface area contributed by atoms with E-state index in [4.69, 9.17) is 0 Å². The number of hydrogen-bond donors (Lipinski definition) is 0. The molecule has 5 heteroatoms. The summed E-state index contributed by atoms with van der Waals surface area (Å²) < 4.78 is 0.917. The van der Waals surface area contributed by atoms with E-state index in [9.17, 15) is 9.59 Å². The first-order valence-corrected chi connectivity index (χ1v) is 15.8. The van der Waals surface area contributed by atoms with Gasteiger partial charge in [-0.2, -0.15) is 0 Å². The van der Waals surface area contributed by atoms with Crippen LogP contribution in [0.2, 0.25) is 0 Å². The van der Waals surface area contributed by atoms with Gasteiger partial charge in [-0.05, 0) is 74.2 Å². The van der Waals surface area contributed by atoms with Crippen molar-refractivity contribution in [1.82, 2.24) is 0 Å². The van der Waals surface area contributed by atoms with E-state index in [1.807, 2.05) is 140 Å². The molecule has 0 aromatic heterocycles. The summed E-state index contributed by atoms with van der Waals surface area (Å²) in [4.78, 5) is 47.0. The molecule has 0 N–H and O–H groups in total. The number of carbonyl (C=O) groups excluding carboxylic acids is 3. The number of allylic oxidation sites excluding steroid dienone is 2. The molecule has 1 saturated heterocycles. The topological polar surface area (TPSA) is 54.5 Å². The molecular formula is C39H26INO3. The molecule has 212 valence electrons. The Morgan fingerprint density at radius 2 is 0.909 bits per heavy atom. The third kappa shape index (κ3) is 3.36. The predicted molar refractivity (Wildman–Crippen MR) is 180 cm³/mol. The number of fused-ring (bicyclic) bond motifs is 5. The number of imide groups is 1. The van der Waals surface area contributed by atoms with Crippen LogP contribution >= 0.6 is 22.6 Å². The van der Waals surface area contributed by atoms with E-state index in [0.717, 1.165) is 37.0 Å². The van der Waals surface area contributed by atoms with Gasteiger partial charge in [0.15, 0.2) is 5.78 Å². The van der Waals surface area contributed by atoms with Crippen LogP contribution in [-0.4, -0.2) is 17.6 Å². The first-order chi connectivity index (χ1) is 21.5. The first kappa shape index (κ1) is 27.0. The normalized spacial score (nSPS) is 25.6. The van der Waals surface area contributed by atoms with Gasteiger partial charge < -0.3 is 0 Å². The Morgan fingerprint density at radius 3 is 1.32 bits per heavy atom. The van der Waals surface area contributed by atoms with Crippen molar-refractivity contribution in [3.63, 3.8) is 0 Å². The van der Waals surface area contributed by atoms with Crippen molar-refractivity contribution in [2.75, 3.05) is 4.90 Å². The summed E-state index contributed by atoms with van der Waals surface area (Å²) in [6.45, 7) is 0. The van der Waals surface area contributed by atoms with Crippen LogP contribution in [0.15, 0.2) is 146 Å². The lowest BCUT2D eigenvalue weighted by Crippen LogP contribution is -2.45. The second kappa shape index (κ2) is 9.96. The van der Waals surface area contributed by atoms with Crippen molar-refractivity contribution >= 4 is 57.0 Å². The molecule has 2 amide bonds. The van der Waals surface area contributed by atoms with E-state index in [0.29, 0.717) is 5.69 Å². The molecule has 44 heavy (non-hydrogen) atoms. The number of rotatable bonds is 5. The number of anilines is 1. The minimum absolute atomic E-state index is 0.112. The van der Waals surface area contributed by atoms with Crippen molar-refractivity contribution in [3.05, 3.63) is 171 Å². The summed E-state index contributed by atoms with van der Waals surface area (Å²) in [5.74, 6) is -2.63. The quantitative estimate of drug-likeness (QED) is 0.143. The number of halogens is 1. The monoisotopic (exact) mass is 683 g/mol. The Balaban J connectivity index is 1.56. The Kier molecular flexibility index (Phi) is 6.10. The fourth-order valence-corrected chi connectivity index (χ4v) is 8.73. The van der Waals surface area contributed by atoms with E-state index >= 15 is 4.79 Å². The van der Waals surface area contributed by atoms with E-state index in [2.05, 4.69) is 22.6 Å². The molecule has 2 bridgehead atoms. The molecule has 8 rings (SSSR count). The summed E-state index contributed by atoms with van der Waals surface area (Å²) in [7, 11) is 0. The van der Waals surface area contributed by atoms with E-state index in [1.165, 1.54) is 4.90 Å². The molecule has 0 spiro atoms. The molecule has 3 aliphatic rings. The minimum atomic E-state index is -1.39. The number of ketones is 1. The third-order valence-corrected chi connectivity index (χ3v) is 10.3. The van der Waals surface area contributed by atoms with Crippen molar-refractivity contribution < 1.29 is 14.4 Å². The smallest absolute Gasteiger partial charge is 0.239 e. The second-order valence-corrected chi connectivity index (χ2v) is 12.9. The number of amides is 2. The minimum Gasteiger partial charge on any atom is -0.297 e. The van der Waals surface area contributed by atoms with Gasteiger partial charge >= 0.3 is 0 Å². The summed E-state index contributed by atoms with van der Waals surface area (Å²) in [6.07, 6.45) is 0.